The zero-order valence-corrected chi connectivity index (χ0v) is 15.3. The zero-order valence-electron chi connectivity index (χ0n) is 14.5. The van der Waals surface area contributed by atoms with Crippen LogP contribution in [0.1, 0.15) is 5.56 Å². The van der Waals surface area contributed by atoms with Crippen molar-refractivity contribution < 1.29 is 9.53 Å². The third-order valence-electron chi connectivity index (χ3n) is 3.68. The van der Waals surface area contributed by atoms with Crippen LogP contribution in [-0.2, 0) is 4.79 Å². The second-order valence-corrected chi connectivity index (χ2v) is 6.52. The predicted octanol–water partition coefficient (Wildman–Crippen LogP) is 2.71. The number of aryl methyl sites for hydroxylation is 1. The van der Waals surface area contributed by atoms with Crippen LogP contribution in [0.3, 0.4) is 0 Å². The third kappa shape index (κ3) is 3.97. The fraction of sp³-hybridized carbons (Fsp3) is 0.167. The molecule has 3 aromatic rings. The van der Waals surface area contributed by atoms with Gasteiger partial charge < -0.3 is 15.9 Å². The summed E-state index contributed by atoms with van der Waals surface area (Å²) < 4.78 is 6.69. The maximum absolute atomic E-state index is 12.1. The van der Waals surface area contributed by atoms with E-state index in [2.05, 4.69) is 15.5 Å². The van der Waals surface area contributed by atoms with E-state index in [0.717, 1.165) is 16.8 Å². The molecule has 3 rings (SSSR count). The van der Waals surface area contributed by atoms with Crippen LogP contribution in [0.4, 0.5) is 5.69 Å². The first-order valence-electron chi connectivity index (χ1n) is 7.91. The number of nitrogens with zero attached hydrogens (tertiary/aromatic N) is 3. The lowest BCUT2D eigenvalue weighted by Crippen LogP contribution is -2.16. The summed E-state index contributed by atoms with van der Waals surface area (Å²) in [5, 5.41) is 11.5. The minimum atomic E-state index is -0.138. The van der Waals surface area contributed by atoms with E-state index >= 15 is 0 Å². The first-order valence-corrected chi connectivity index (χ1v) is 8.90. The Bertz CT molecular complexity index is 908. The standard InChI is InChI=1S/C18H19N5O2S/c1-12-7-9-13(10-8-12)20-16(24)11-26-18-22-21-17(23(18)19)14-5-3-4-6-15(14)25-2/h3-10H,11,19H2,1-2H3,(H,20,24). The topological polar surface area (TPSA) is 95.1 Å². The molecule has 8 heteroatoms. The molecule has 0 fully saturated rings. The number of nitrogen functional groups attached to an aromatic ring is 1. The van der Waals surface area contributed by atoms with Crippen LogP contribution in [-0.4, -0.2) is 33.6 Å². The molecule has 1 aromatic heterocycles. The summed E-state index contributed by atoms with van der Waals surface area (Å²) in [5.41, 5.74) is 2.63. The predicted molar refractivity (Wildman–Crippen MR) is 103 cm³/mol. The summed E-state index contributed by atoms with van der Waals surface area (Å²) in [6.07, 6.45) is 0. The lowest BCUT2D eigenvalue weighted by molar-refractivity contribution is -0.113. The molecule has 1 amide bonds. The van der Waals surface area contributed by atoms with Gasteiger partial charge in [-0.05, 0) is 31.2 Å². The molecule has 0 saturated heterocycles. The smallest absolute Gasteiger partial charge is 0.234 e. The Morgan fingerprint density at radius 1 is 1.19 bits per heavy atom. The maximum Gasteiger partial charge on any atom is 0.234 e. The number of nitrogens with two attached hydrogens (primary N) is 1. The maximum atomic E-state index is 12.1. The number of anilines is 1. The van der Waals surface area contributed by atoms with Gasteiger partial charge in [0.2, 0.25) is 11.1 Å². The molecule has 0 bridgehead atoms. The molecule has 0 saturated carbocycles. The van der Waals surface area contributed by atoms with E-state index in [1.165, 1.54) is 16.4 Å². The number of carbonyl (C=O) groups is 1. The van der Waals surface area contributed by atoms with Crippen molar-refractivity contribution in [3.05, 3.63) is 54.1 Å². The summed E-state index contributed by atoms with van der Waals surface area (Å²) in [4.78, 5) is 12.1. The Balaban J connectivity index is 1.67. The van der Waals surface area contributed by atoms with Crippen molar-refractivity contribution in [2.75, 3.05) is 24.0 Å². The van der Waals surface area contributed by atoms with Gasteiger partial charge >= 0.3 is 0 Å². The van der Waals surface area contributed by atoms with Gasteiger partial charge in [-0.15, -0.1) is 10.2 Å². The van der Waals surface area contributed by atoms with Crippen molar-refractivity contribution in [3.8, 4) is 17.1 Å². The van der Waals surface area contributed by atoms with Gasteiger partial charge in [0.05, 0.1) is 18.4 Å². The normalized spacial score (nSPS) is 10.5. The Hall–Kier alpha value is -3.00. The van der Waals surface area contributed by atoms with Crippen LogP contribution in [0, 0.1) is 6.92 Å². The van der Waals surface area contributed by atoms with Gasteiger partial charge in [-0.3, -0.25) is 4.79 Å². The average molecular weight is 369 g/mol. The molecular formula is C18H19N5O2S. The van der Waals surface area contributed by atoms with E-state index in [0.29, 0.717) is 16.7 Å². The first kappa shape index (κ1) is 17.8. The Morgan fingerprint density at radius 3 is 2.65 bits per heavy atom. The molecule has 2 aromatic carbocycles. The van der Waals surface area contributed by atoms with Crippen LogP contribution in [0.25, 0.3) is 11.4 Å². The Morgan fingerprint density at radius 2 is 1.92 bits per heavy atom. The molecule has 0 unspecified atom stereocenters. The van der Waals surface area contributed by atoms with E-state index < -0.39 is 0 Å². The number of aromatic nitrogens is 3. The molecule has 0 atom stereocenters. The van der Waals surface area contributed by atoms with Gasteiger partial charge in [-0.2, -0.15) is 0 Å². The number of ether oxygens (including phenoxy) is 1. The van der Waals surface area contributed by atoms with E-state index in [4.69, 9.17) is 10.6 Å². The van der Waals surface area contributed by atoms with Gasteiger partial charge in [0.15, 0.2) is 5.82 Å². The fourth-order valence-electron chi connectivity index (χ4n) is 2.35. The summed E-state index contributed by atoms with van der Waals surface area (Å²) in [6, 6.07) is 15.0. The van der Waals surface area contributed by atoms with E-state index in [1.54, 1.807) is 7.11 Å². The van der Waals surface area contributed by atoms with Gasteiger partial charge in [-0.1, -0.05) is 41.6 Å². The summed E-state index contributed by atoms with van der Waals surface area (Å²) in [6.45, 7) is 1.99. The molecule has 0 aliphatic carbocycles. The quantitative estimate of drug-likeness (QED) is 0.512. The Kier molecular flexibility index (Phi) is 5.43. The van der Waals surface area contributed by atoms with E-state index in [-0.39, 0.29) is 11.7 Å². The highest BCUT2D eigenvalue weighted by Crippen LogP contribution is 2.29. The highest BCUT2D eigenvalue weighted by atomic mass is 32.2. The van der Waals surface area contributed by atoms with Crippen molar-refractivity contribution in [1.82, 2.24) is 14.9 Å². The number of hydrogen-bond acceptors (Lipinski definition) is 6. The highest BCUT2D eigenvalue weighted by molar-refractivity contribution is 7.99. The monoisotopic (exact) mass is 369 g/mol. The average Bonchev–Trinajstić information content (AvgIpc) is 3.02. The molecular weight excluding hydrogens is 350 g/mol. The summed E-state index contributed by atoms with van der Waals surface area (Å²) in [7, 11) is 1.58. The lowest BCUT2D eigenvalue weighted by Gasteiger charge is -2.08. The van der Waals surface area contributed by atoms with Crippen LogP contribution in [0.15, 0.2) is 53.7 Å². The number of amides is 1. The number of rotatable bonds is 6. The number of carbonyl (C=O) groups excluding carboxylic acids is 1. The molecule has 0 aliphatic heterocycles. The molecule has 134 valence electrons. The molecule has 26 heavy (non-hydrogen) atoms. The SMILES string of the molecule is COc1ccccc1-c1nnc(SCC(=O)Nc2ccc(C)cc2)n1N. The molecule has 7 nitrogen and oxygen atoms in total. The molecule has 0 aliphatic rings. The Labute approximate surface area is 155 Å². The van der Waals surface area contributed by atoms with Gasteiger partial charge in [0.25, 0.3) is 0 Å². The summed E-state index contributed by atoms with van der Waals surface area (Å²) in [5.74, 6) is 7.26. The van der Waals surface area contributed by atoms with E-state index in [9.17, 15) is 4.79 Å². The van der Waals surface area contributed by atoms with Crippen LogP contribution in [0.2, 0.25) is 0 Å². The van der Waals surface area contributed by atoms with Crippen molar-refractivity contribution in [3.63, 3.8) is 0 Å². The first-order chi connectivity index (χ1) is 12.6. The van der Waals surface area contributed by atoms with Gasteiger partial charge in [-0.25, -0.2) is 4.68 Å². The van der Waals surface area contributed by atoms with Crippen molar-refractivity contribution in [2.45, 2.75) is 12.1 Å². The van der Waals surface area contributed by atoms with E-state index in [1.807, 2.05) is 55.5 Å². The second kappa shape index (κ2) is 7.92. The zero-order chi connectivity index (χ0) is 18.5. The second-order valence-electron chi connectivity index (χ2n) is 5.58. The minimum absolute atomic E-state index is 0.138. The van der Waals surface area contributed by atoms with Crippen molar-refractivity contribution >= 4 is 23.4 Å². The summed E-state index contributed by atoms with van der Waals surface area (Å²) >= 11 is 1.22. The molecule has 3 N–H and O–H groups in total. The lowest BCUT2D eigenvalue weighted by atomic mass is 10.2. The fourth-order valence-corrected chi connectivity index (χ4v) is 3.01. The third-order valence-corrected chi connectivity index (χ3v) is 4.62. The van der Waals surface area contributed by atoms with Gasteiger partial charge in [0.1, 0.15) is 5.75 Å². The van der Waals surface area contributed by atoms with Crippen LogP contribution >= 0.6 is 11.8 Å². The molecule has 0 spiro atoms. The molecule has 1 heterocycles. The number of para-hydroxylation sites is 1. The minimum Gasteiger partial charge on any atom is -0.496 e. The largest absolute Gasteiger partial charge is 0.496 e. The number of benzene rings is 2. The van der Waals surface area contributed by atoms with Gasteiger partial charge in [0, 0.05) is 5.69 Å². The van der Waals surface area contributed by atoms with Crippen LogP contribution < -0.4 is 15.9 Å². The number of methoxy groups -OCH3 is 1. The van der Waals surface area contributed by atoms with Crippen LogP contribution in [0.5, 0.6) is 5.75 Å². The number of nitrogens with one attached hydrogen (secondary N) is 1. The van der Waals surface area contributed by atoms with Crippen molar-refractivity contribution in [1.29, 1.82) is 0 Å². The highest BCUT2D eigenvalue weighted by Gasteiger charge is 2.16. The number of thioether (sulfide) groups is 1. The number of hydrogen-bond donors (Lipinski definition) is 2. The molecule has 0 radical (unpaired) electrons. The van der Waals surface area contributed by atoms with Crippen molar-refractivity contribution in [2.24, 2.45) is 0 Å².